The third kappa shape index (κ3) is 1.23. The Kier molecular flexibility index (Phi) is 1.85. The highest BCUT2D eigenvalue weighted by molar-refractivity contribution is 5.73. The van der Waals surface area contributed by atoms with Crippen LogP contribution in [0.5, 0.6) is 0 Å². The van der Waals surface area contributed by atoms with E-state index in [1.54, 1.807) is 6.92 Å². The minimum absolute atomic E-state index is 0.137. The van der Waals surface area contributed by atoms with E-state index in [0.29, 0.717) is 6.04 Å². The average molecular weight is 167 g/mol. The Morgan fingerprint density at radius 2 is 1.92 bits per heavy atom. The van der Waals surface area contributed by atoms with Crippen LogP contribution in [0.4, 0.5) is 0 Å². The van der Waals surface area contributed by atoms with Crippen LogP contribution in [-0.2, 0) is 4.79 Å². The summed E-state index contributed by atoms with van der Waals surface area (Å²) in [5, 5.41) is 3.06. The summed E-state index contributed by atoms with van der Waals surface area (Å²) < 4.78 is 0. The normalized spacial score (nSPS) is 44.8. The van der Waals surface area contributed by atoms with Crippen LogP contribution in [0, 0.1) is 17.8 Å². The van der Waals surface area contributed by atoms with Crippen LogP contribution in [-0.4, -0.2) is 11.9 Å². The van der Waals surface area contributed by atoms with Gasteiger partial charge in [0.05, 0.1) is 0 Å². The molecule has 1 N–H and O–H groups in total. The second-order valence-electron chi connectivity index (χ2n) is 4.51. The Labute approximate surface area is 73.7 Å². The van der Waals surface area contributed by atoms with Gasteiger partial charge >= 0.3 is 0 Å². The van der Waals surface area contributed by atoms with Crippen LogP contribution >= 0.6 is 0 Å². The average Bonchev–Trinajstić information content (AvgIpc) is 1.79. The molecular weight excluding hydrogens is 150 g/mol. The van der Waals surface area contributed by atoms with Crippen LogP contribution in [0.2, 0.25) is 0 Å². The molecule has 1 unspecified atom stereocenters. The number of hydrogen-bond donors (Lipinski definition) is 1. The van der Waals surface area contributed by atoms with Crippen LogP contribution in [0.25, 0.3) is 0 Å². The Balaban J connectivity index is 1.93. The first-order valence-electron chi connectivity index (χ1n) is 4.94. The number of amides is 1. The smallest absolute Gasteiger partial charge is 0.217 e. The predicted octanol–water partition coefficient (Wildman–Crippen LogP) is 1.56. The maximum Gasteiger partial charge on any atom is 0.217 e. The van der Waals surface area contributed by atoms with Crippen molar-refractivity contribution in [1.29, 1.82) is 0 Å². The molecule has 3 rings (SSSR count). The molecule has 0 aromatic heterocycles. The zero-order chi connectivity index (χ0) is 8.72. The molecule has 68 valence electrons. The van der Waals surface area contributed by atoms with Crippen LogP contribution in [0.15, 0.2) is 0 Å². The molecule has 2 atom stereocenters. The van der Waals surface area contributed by atoms with Crippen molar-refractivity contribution in [3.63, 3.8) is 0 Å². The maximum atomic E-state index is 10.9. The molecule has 2 heteroatoms. The Bertz CT molecular complexity index is 196. The molecule has 3 aliphatic carbocycles. The first kappa shape index (κ1) is 8.09. The monoisotopic (exact) mass is 167 g/mol. The minimum Gasteiger partial charge on any atom is -0.353 e. The van der Waals surface area contributed by atoms with Gasteiger partial charge < -0.3 is 5.32 Å². The fourth-order valence-corrected chi connectivity index (χ4v) is 2.73. The summed E-state index contributed by atoms with van der Waals surface area (Å²) in [7, 11) is 0. The number of carbonyl (C=O) groups is 1. The summed E-state index contributed by atoms with van der Waals surface area (Å²) in [4.78, 5) is 10.9. The van der Waals surface area contributed by atoms with Gasteiger partial charge in [0.15, 0.2) is 0 Å². The van der Waals surface area contributed by atoms with E-state index in [1.807, 2.05) is 0 Å². The van der Waals surface area contributed by atoms with E-state index in [9.17, 15) is 4.79 Å². The van der Waals surface area contributed by atoms with Gasteiger partial charge in [-0.05, 0) is 37.0 Å². The molecule has 0 saturated heterocycles. The lowest BCUT2D eigenvalue weighted by molar-refractivity contribution is -0.121. The van der Waals surface area contributed by atoms with Crippen molar-refractivity contribution in [2.45, 2.75) is 39.2 Å². The highest BCUT2D eigenvalue weighted by Crippen LogP contribution is 2.48. The summed E-state index contributed by atoms with van der Waals surface area (Å²) in [6.45, 7) is 3.93. The highest BCUT2D eigenvalue weighted by Gasteiger charge is 2.44. The lowest BCUT2D eigenvalue weighted by Crippen LogP contribution is -2.52. The van der Waals surface area contributed by atoms with E-state index in [1.165, 1.54) is 19.3 Å². The summed E-state index contributed by atoms with van der Waals surface area (Å²) in [5.41, 5.74) is 0. The number of fused-ring (bicyclic) bond motifs is 2. The van der Waals surface area contributed by atoms with E-state index in [2.05, 4.69) is 12.2 Å². The second-order valence-corrected chi connectivity index (χ2v) is 4.51. The van der Waals surface area contributed by atoms with Crippen molar-refractivity contribution in [3.8, 4) is 0 Å². The molecule has 0 aliphatic heterocycles. The molecule has 0 spiro atoms. The third-order valence-electron chi connectivity index (χ3n) is 3.60. The summed E-state index contributed by atoms with van der Waals surface area (Å²) >= 11 is 0. The molecule has 3 aliphatic rings. The third-order valence-corrected chi connectivity index (χ3v) is 3.60. The predicted molar refractivity (Wildman–Crippen MR) is 47.6 cm³/mol. The zero-order valence-corrected chi connectivity index (χ0v) is 7.84. The molecule has 2 nitrogen and oxygen atoms in total. The molecular formula is C10H17NO. The molecule has 0 radical (unpaired) electrons. The molecule has 0 heterocycles. The summed E-state index contributed by atoms with van der Waals surface area (Å²) in [6.07, 6.45) is 3.91. The summed E-state index contributed by atoms with van der Waals surface area (Å²) in [5.74, 6) is 2.74. The number of nitrogens with one attached hydrogen (secondary N) is 1. The van der Waals surface area contributed by atoms with Gasteiger partial charge in [-0.15, -0.1) is 0 Å². The molecule has 1 amide bonds. The Morgan fingerprint density at radius 3 is 2.42 bits per heavy atom. The lowest BCUT2D eigenvalue weighted by atomic mass is 9.58. The fraction of sp³-hybridized carbons (Fsp3) is 0.900. The maximum absolute atomic E-state index is 10.9. The van der Waals surface area contributed by atoms with Gasteiger partial charge in [-0.2, -0.15) is 0 Å². The van der Waals surface area contributed by atoms with E-state index >= 15 is 0 Å². The number of carbonyl (C=O) groups excluding carboxylic acids is 1. The van der Waals surface area contributed by atoms with Crippen molar-refractivity contribution in [3.05, 3.63) is 0 Å². The second kappa shape index (κ2) is 2.75. The molecule has 0 aromatic rings. The first-order chi connectivity index (χ1) is 5.66. The SMILES string of the molecule is CC(=O)N[C@H]1CC(C)C2CC1C2. The quantitative estimate of drug-likeness (QED) is 0.631. The zero-order valence-electron chi connectivity index (χ0n) is 7.84. The number of rotatable bonds is 1. The van der Waals surface area contributed by atoms with Crippen molar-refractivity contribution in [2.24, 2.45) is 17.8 Å². The largest absolute Gasteiger partial charge is 0.353 e. The van der Waals surface area contributed by atoms with E-state index in [0.717, 1.165) is 17.8 Å². The van der Waals surface area contributed by atoms with Gasteiger partial charge in [-0.1, -0.05) is 6.92 Å². The lowest BCUT2D eigenvalue weighted by Gasteiger charge is -2.50. The van der Waals surface area contributed by atoms with E-state index < -0.39 is 0 Å². The Hall–Kier alpha value is -0.530. The standard InChI is InChI=1S/C10H17NO/c1-6-3-10(11-7(2)12)9-4-8(6)5-9/h6,8-10H,3-5H2,1-2H3,(H,11,12)/t6?,8?,9?,10-/m0/s1. The molecule has 0 aromatic carbocycles. The van der Waals surface area contributed by atoms with Gasteiger partial charge in [0, 0.05) is 13.0 Å². The van der Waals surface area contributed by atoms with Crippen molar-refractivity contribution >= 4 is 5.91 Å². The topological polar surface area (TPSA) is 29.1 Å². The van der Waals surface area contributed by atoms with Gasteiger partial charge in [-0.25, -0.2) is 0 Å². The van der Waals surface area contributed by atoms with Gasteiger partial charge in [0.25, 0.3) is 0 Å². The van der Waals surface area contributed by atoms with E-state index in [-0.39, 0.29) is 5.91 Å². The first-order valence-corrected chi connectivity index (χ1v) is 4.94. The molecule has 3 saturated carbocycles. The Morgan fingerprint density at radius 1 is 1.25 bits per heavy atom. The number of hydrogen-bond acceptors (Lipinski definition) is 1. The highest BCUT2D eigenvalue weighted by atomic mass is 16.1. The molecule has 2 bridgehead atoms. The van der Waals surface area contributed by atoms with Crippen LogP contribution in [0.3, 0.4) is 0 Å². The van der Waals surface area contributed by atoms with Crippen molar-refractivity contribution < 1.29 is 4.79 Å². The van der Waals surface area contributed by atoms with Gasteiger partial charge in [-0.3, -0.25) is 4.79 Å². The summed E-state index contributed by atoms with van der Waals surface area (Å²) in [6, 6.07) is 0.488. The van der Waals surface area contributed by atoms with E-state index in [4.69, 9.17) is 0 Å². The van der Waals surface area contributed by atoms with Crippen LogP contribution < -0.4 is 5.32 Å². The van der Waals surface area contributed by atoms with Gasteiger partial charge in [0.1, 0.15) is 0 Å². The van der Waals surface area contributed by atoms with Crippen molar-refractivity contribution in [2.75, 3.05) is 0 Å². The van der Waals surface area contributed by atoms with Crippen molar-refractivity contribution in [1.82, 2.24) is 5.32 Å². The van der Waals surface area contributed by atoms with Crippen LogP contribution in [0.1, 0.15) is 33.1 Å². The fourth-order valence-electron chi connectivity index (χ4n) is 2.73. The molecule has 3 fully saturated rings. The minimum atomic E-state index is 0.137. The molecule has 12 heavy (non-hydrogen) atoms. The van der Waals surface area contributed by atoms with Gasteiger partial charge in [0.2, 0.25) is 5.91 Å².